The van der Waals surface area contributed by atoms with E-state index in [-0.39, 0.29) is 6.54 Å². The van der Waals surface area contributed by atoms with E-state index in [1.165, 1.54) is 35.1 Å². The SMILES string of the molecule is COC(=O)c1ccc(NC(=O)Cn2c(=O)n(-c3ccc(C)cc3C)c(=O)c3sccc32)cc1. The summed E-state index contributed by atoms with van der Waals surface area (Å²) in [6.07, 6.45) is 0. The number of hydrogen-bond donors (Lipinski definition) is 1. The van der Waals surface area contributed by atoms with Crippen molar-refractivity contribution in [3.8, 4) is 5.69 Å². The van der Waals surface area contributed by atoms with E-state index in [1.54, 1.807) is 29.6 Å². The Kier molecular flexibility index (Phi) is 5.97. The number of aromatic nitrogens is 2. The fourth-order valence-corrected chi connectivity index (χ4v) is 4.48. The highest BCUT2D eigenvalue weighted by Crippen LogP contribution is 2.19. The molecule has 2 aromatic carbocycles. The number of aryl methyl sites for hydroxylation is 2. The second kappa shape index (κ2) is 8.87. The van der Waals surface area contributed by atoms with Gasteiger partial charge in [-0.2, -0.15) is 0 Å². The van der Waals surface area contributed by atoms with Crippen molar-refractivity contribution in [3.63, 3.8) is 0 Å². The van der Waals surface area contributed by atoms with Crippen LogP contribution in [-0.4, -0.2) is 28.1 Å². The van der Waals surface area contributed by atoms with Crippen molar-refractivity contribution in [2.45, 2.75) is 20.4 Å². The van der Waals surface area contributed by atoms with Gasteiger partial charge in [0, 0.05) is 5.69 Å². The Morgan fingerprint density at radius 3 is 2.42 bits per heavy atom. The summed E-state index contributed by atoms with van der Waals surface area (Å²) < 4.78 is 7.47. The summed E-state index contributed by atoms with van der Waals surface area (Å²) in [4.78, 5) is 50.8. The lowest BCUT2D eigenvalue weighted by Crippen LogP contribution is -2.40. The number of carbonyl (C=O) groups excluding carboxylic acids is 2. The van der Waals surface area contributed by atoms with Gasteiger partial charge in [0.25, 0.3) is 5.56 Å². The summed E-state index contributed by atoms with van der Waals surface area (Å²) in [5.74, 6) is -0.922. The molecule has 0 unspecified atom stereocenters. The maximum Gasteiger partial charge on any atom is 0.337 e. The van der Waals surface area contributed by atoms with Gasteiger partial charge in [-0.05, 0) is 61.2 Å². The number of thiophene rings is 1. The maximum atomic E-state index is 13.4. The van der Waals surface area contributed by atoms with Crippen LogP contribution in [0.4, 0.5) is 5.69 Å². The number of nitrogens with one attached hydrogen (secondary N) is 1. The molecule has 9 heteroatoms. The number of rotatable bonds is 5. The summed E-state index contributed by atoms with van der Waals surface area (Å²) in [6.45, 7) is 3.49. The summed E-state index contributed by atoms with van der Waals surface area (Å²) >= 11 is 1.22. The van der Waals surface area contributed by atoms with E-state index in [1.807, 2.05) is 26.0 Å². The van der Waals surface area contributed by atoms with Crippen LogP contribution >= 0.6 is 11.3 Å². The van der Waals surface area contributed by atoms with Crippen LogP contribution in [0, 0.1) is 13.8 Å². The van der Waals surface area contributed by atoms with Crippen molar-refractivity contribution in [1.82, 2.24) is 9.13 Å². The Labute approximate surface area is 192 Å². The number of amides is 1. The Balaban J connectivity index is 1.71. The number of nitrogens with zero attached hydrogens (tertiary/aromatic N) is 2. The number of methoxy groups -OCH3 is 1. The van der Waals surface area contributed by atoms with Gasteiger partial charge >= 0.3 is 11.7 Å². The standard InChI is InChI=1S/C24H21N3O5S/c1-14-4-9-18(15(2)12-14)27-22(29)21-19(10-11-33-21)26(24(27)31)13-20(28)25-17-7-5-16(6-8-17)23(30)32-3/h4-12H,13H2,1-3H3,(H,25,28). The van der Waals surface area contributed by atoms with E-state index in [9.17, 15) is 19.2 Å². The molecule has 0 radical (unpaired) electrons. The fourth-order valence-electron chi connectivity index (χ4n) is 3.66. The molecule has 0 fully saturated rings. The predicted octanol–water partition coefficient (Wildman–Crippen LogP) is 3.26. The average molecular weight is 464 g/mol. The third kappa shape index (κ3) is 4.22. The monoisotopic (exact) mass is 463 g/mol. The molecular formula is C24H21N3O5S. The van der Waals surface area contributed by atoms with Crippen molar-refractivity contribution < 1.29 is 14.3 Å². The number of esters is 1. The highest BCUT2D eigenvalue weighted by molar-refractivity contribution is 7.17. The lowest BCUT2D eigenvalue weighted by atomic mass is 10.1. The van der Waals surface area contributed by atoms with Gasteiger partial charge in [-0.25, -0.2) is 14.2 Å². The number of ether oxygens (including phenoxy) is 1. The summed E-state index contributed by atoms with van der Waals surface area (Å²) in [7, 11) is 1.29. The minimum absolute atomic E-state index is 0.282. The zero-order chi connectivity index (χ0) is 23.7. The molecule has 1 amide bonds. The molecule has 168 valence electrons. The molecule has 0 aliphatic carbocycles. The van der Waals surface area contributed by atoms with Crippen molar-refractivity contribution in [2.24, 2.45) is 0 Å². The van der Waals surface area contributed by atoms with Gasteiger partial charge in [0.05, 0.1) is 23.9 Å². The summed E-state index contributed by atoms with van der Waals surface area (Å²) in [6, 6.07) is 13.3. The molecule has 0 aliphatic heterocycles. The first-order valence-electron chi connectivity index (χ1n) is 10.1. The van der Waals surface area contributed by atoms with Crippen molar-refractivity contribution >= 4 is 39.1 Å². The van der Waals surface area contributed by atoms with Gasteiger partial charge in [-0.1, -0.05) is 17.7 Å². The third-order valence-electron chi connectivity index (χ3n) is 5.24. The Hall–Kier alpha value is -3.98. The number of hydrogen-bond acceptors (Lipinski definition) is 6. The topological polar surface area (TPSA) is 99.4 Å². The predicted molar refractivity (Wildman–Crippen MR) is 128 cm³/mol. The number of fused-ring (bicyclic) bond motifs is 1. The number of benzene rings is 2. The molecule has 4 rings (SSSR count). The molecular weight excluding hydrogens is 442 g/mol. The van der Waals surface area contributed by atoms with Crippen LogP contribution in [0.5, 0.6) is 0 Å². The molecule has 0 saturated heterocycles. The van der Waals surface area contributed by atoms with Gasteiger partial charge in [-0.15, -0.1) is 11.3 Å². The average Bonchev–Trinajstić information content (AvgIpc) is 3.28. The van der Waals surface area contributed by atoms with Crippen molar-refractivity contribution in [3.05, 3.63) is 91.4 Å². The lowest BCUT2D eigenvalue weighted by molar-refractivity contribution is -0.116. The normalized spacial score (nSPS) is 10.9. The van der Waals surface area contributed by atoms with E-state index < -0.39 is 23.1 Å². The van der Waals surface area contributed by atoms with E-state index >= 15 is 0 Å². The summed E-state index contributed by atoms with van der Waals surface area (Å²) in [5.41, 5.74) is 2.51. The molecule has 33 heavy (non-hydrogen) atoms. The second-order valence-electron chi connectivity index (χ2n) is 7.55. The van der Waals surface area contributed by atoms with Crippen LogP contribution in [-0.2, 0) is 16.1 Å². The van der Waals surface area contributed by atoms with Gasteiger partial charge in [0.15, 0.2) is 0 Å². The van der Waals surface area contributed by atoms with Crippen LogP contribution in [0.2, 0.25) is 0 Å². The third-order valence-corrected chi connectivity index (χ3v) is 6.13. The quantitative estimate of drug-likeness (QED) is 0.458. The van der Waals surface area contributed by atoms with Gasteiger partial charge in [0.2, 0.25) is 5.91 Å². The van der Waals surface area contributed by atoms with Crippen LogP contribution in [0.15, 0.2) is 63.5 Å². The molecule has 2 aromatic heterocycles. The minimum Gasteiger partial charge on any atom is -0.465 e. The first kappa shape index (κ1) is 22.2. The van der Waals surface area contributed by atoms with E-state index in [0.717, 1.165) is 15.7 Å². The first-order valence-corrected chi connectivity index (χ1v) is 11.0. The van der Waals surface area contributed by atoms with Crippen LogP contribution in [0.3, 0.4) is 0 Å². The molecule has 4 aromatic rings. The van der Waals surface area contributed by atoms with E-state index in [2.05, 4.69) is 10.1 Å². The van der Waals surface area contributed by atoms with E-state index in [4.69, 9.17) is 0 Å². The number of carbonyl (C=O) groups is 2. The highest BCUT2D eigenvalue weighted by Gasteiger charge is 2.18. The molecule has 0 atom stereocenters. The maximum absolute atomic E-state index is 13.4. The first-order chi connectivity index (χ1) is 15.8. The van der Waals surface area contributed by atoms with Gasteiger partial charge in [-0.3, -0.25) is 14.2 Å². The molecule has 0 bridgehead atoms. The highest BCUT2D eigenvalue weighted by atomic mass is 32.1. The fraction of sp³-hybridized carbons (Fsp3) is 0.167. The summed E-state index contributed by atoms with van der Waals surface area (Å²) in [5, 5.41) is 4.44. The van der Waals surface area contributed by atoms with Crippen LogP contribution < -0.4 is 16.6 Å². The largest absolute Gasteiger partial charge is 0.465 e. The molecule has 0 aliphatic rings. The Bertz CT molecular complexity index is 1500. The lowest BCUT2D eigenvalue weighted by Gasteiger charge is -2.14. The van der Waals surface area contributed by atoms with Gasteiger partial charge in [0.1, 0.15) is 11.2 Å². The van der Waals surface area contributed by atoms with Crippen LogP contribution in [0.25, 0.3) is 15.9 Å². The van der Waals surface area contributed by atoms with Crippen molar-refractivity contribution in [1.29, 1.82) is 0 Å². The van der Waals surface area contributed by atoms with Crippen LogP contribution in [0.1, 0.15) is 21.5 Å². The zero-order valence-electron chi connectivity index (χ0n) is 18.2. The molecule has 8 nitrogen and oxygen atoms in total. The van der Waals surface area contributed by atoms with E-state index in [0.29, 0.717) is 27.2 Å². The minimum atomic E-state index is -0.589. The molecule has 2 heterocycles. The second-order valence-corrected chi connectivity index (χ2v) is 8.47. The Morgan fingerprint density at radius 2 is 1.76 bits per heavy atom. The molecule has 0 saturated carbocycles. The molecule has 1 N–H and O–H groups in total. The zero-order valence-corrected chi connectivity index (χ0v) is 19.1. The van der Waals surface area contributed by atoms with Gasteiger partial charge < -0.3 is 10.1 Å². The number of anilines is 1. The molecule has 0 spiro atoms. The Morgan fingerprint density at radius 1 is 1.03 bits per heavy atom. The van der Waals surface area contributed by atoms with Crippen molar-refractivity contribution in [2.75, 3.05) is 12.4 Å². The smallest absolute Gasteiger partial charge is 0.337 e.